The number of sulfonamides is 1. The second kappa shape index (κ2) is 11.3. The van der Waals surface area contributed by atoms with Gasteiger partial charge in [0.05, 0.1) is 0 Å². The van der Waals surface area contributed by atoms with Crippen LogP contribution < -0.4 is 15.8 Å². The Morgan fingerprint density at radius 1 is 1.11 bits per heavy atom. The average molecular weight is 544 g/mol. The largest absolute Gasteiger partial charge is 0.368 e. The predicted molar refractivity (Wildman–Crippen MR) is 139 cm³/mol. The van der Waals surface area contributed by atoms with Crippen molar-refractivity contribution in [1.82, 2.24) is 19.5 Å². The van der Waals surface area contributed by atoms with Crippen LogP contribution in [0.4, 0.5) is 0 Å². The Labute approximate surface area is 219 Å². The van der Waals surface area contributed by atoms with Gasteiger partial charge in [0.25, 0.3) is 5.91 Å². The maximum absolute atomic E-state index is 13.5. The Balaban J connectivity index is 1.56. The van der Waals surface area contributed by atoms with Gasteiger partial charge in [-0.05, 0) is 42.0 Å². The van der Waals surface area contributed by atoms with Gasteiger partial charge in [0, 0.05) is 32.3 Å². The van der Waals surface area contributed by atoms with Crippen LogP contribution in [0.15, 0.2) is 70.4 Å². The lowest BCUT2D eigenvalue weighted by Gasteiger charge is -2.39. The van der Waals surface area contributed by atoms with Crippen LogP contribution in [0.5, 0.6) is 0 Å². The molecule has 3 aromatic rings. The molecule has 0 radical (unpaired) electrons. The van der Waals surface area contributed by atoms with Gasteiger partial charge in [0.1, 0.15) is 22.0 Å². The number of aromatic nitrogens is 1. The number of likely N-dealkylation sites (tertiary alicyclic amines) is 1. The Hall–Kier alpha value is -3.48. The maximum Gasteiger partial charge on any atom is 0.271 e. The van der Waals surface area contributed by atoms with Crippen molar-refractivity contribution in [1.29, 1.82) is 0 Å². The van der Waals surface area contributed by atoms with Crippen LogP contribution in [0.3, 0.4) is 0 Å². The maximum atomic E-state index is 13.5. The van der Waals surface area contributed by atoms with Gasteiger partial charge < -0.3 is 20.5 Å². The predicted octanol–water partition coefficient (Wildman–Crippen LogP) is 1.25. The minimum atomic E-state index is -3.78. The summed E-state index contributed by atoms with van der Waals surface area (Å²) in [7, 11) is -2.05. The first kappa shape index (κ1) is 26.6. The number of nitrogens with zero attached hydrogens (tertiary/aromatic N) is 2. The summed E-state index contributed by atoms with van der Waals surface area (Å²) in [4.78, 5) is 40.5. The molecule has 0 spiro atoms. The Morgan fingerprint density at radius 3 is 2.49 bits per heavy atom. The minimum absolute atomic E-state index is 0.0451. The highest BCUT2D eigenvalue weighted by Crippen LogP contribution is 2.24. The number of rotatable bonds is 9. The number of aryl methyl sites for hydroxylation is 1. The van der Waals surface area contributed by atoms with Crippen molar-refractivity contribution in [2.45, 2.75) is 41.6 Å². The van der Waals surface area contributed by atoms with Crippen molar-refractivity contribution in [2.24, 2.45) is 12.8 Å². The summed E-state index contributed by atoms with van der Waals surface area (Å²) in [6, 6.07) is 13.1. The van der Waals surface area contributed by atoms with Crippen LogP contribution >= 0.6 is 11.3 Å². The number of nitrogens with one attached hydrogen (secondary N) is 2. The molecule has 0 aliphatic carbocycles. The molecule has 10 nitrogen and oxygen atoms in total. The third-order valence-corrected chi connectivity index (χ3v) is 9.27. The van der Waals surface area contributed by atoms with Gasteiger partial charge in [-0.2, -0.15) is 0 Å². The standard InChI is InChI=1S/C25H29N5O5S2/c1-29-12-5-9-20(29)25(33)30-13-11-18(28-37(34,35)22-10-6-14-36-22)16-21(30)24(32)27-19(23(26)31)15-17-7-3-2-4-8-17/h2-10,12,14,18-19,21,28H,11,13,15-16H2,1H3,(H2,26,31)(H,27,32). The number of hydrogen-bond acceptors (Lipinski definition) is 6. The molecule has 4 N–H and O–H groups in total. The number of nitrogens with two attached hydrogens (primary N) is 1. The molecule has 1 aliphatic heterocycles. The van der Waals surface area contributed by atoms with E-state index in [4.69, 9.17) is 5.73 Å². The molecule has 196 valence electrons. The van der Waals surface area contributed by atoms with E-state index in [1.165, 1.54) is 11.0 Å². The quantitative estimate of drug-likeness (QED) is 0.372. The summed E-state index contributed by atoms with van der Waals surface area (Å²) in [6.45, 7) is 0.152. The molecule has 4 rings (SSSR count). The fraction of sp³-hybridized carbons (Fsp3) is 0.320. The van der Waals surface area contributed by atoms with E-state index in [1.807, 2.05) is 30.3 Å². The highest BCUT2D eigenvalue weighted by atomic mass is 32.2. The van der Waals surface area contributed by atoms with E-state index in [9.17, 15) is 22.8 Å². The SMILES string of the molecule is Cn1cccc1C(=O)N1CCC(NS(=O)(=O)c2cccs2)CC1C(=O)NC(Cc1ccccc1)C(N)=O. The highest BCUT2D eigenvalue weighted by Gasteiger charge is 2.39. The zero-order chi connectivity index (χ0) is 26.6. The molecule has 3 unspecified atom stereocenters. The van der Waals surface area contributed by atoms with Gasteiger partial charge in [-0.3, -0.25) is 14.4 Å². The topological polar surface area (TPSA) is 144 Å². The van der Waals surface area contributed by atoms with Gasteiger partial charge in [0.15, 0.2) is 0 Å². The molecule has 0 saturated carbocycles. The molecule has 3 atom stereocenters. The van der Waals surface area contributed by atoms with E-state index < -0.39 is 40.0 Å². The molecule has 1 aliphatic rings. The Bertz CT molecular complexity index is 1360. The fourth-order valence-corrected chi connectivity index (χ4v) is 6.72. The van der Waals surface area contributed by atoms with E-state index in [-0.39, 0.29) is 29.5 Å². The molecule has 3 heterocycles. The van der Waals surface area contributed by atoms with Crippen molar-refractivity contribution in [3.8, 4) is 0 Å². The lowest BCUT2D eigenvalue weighted by atomic mass is 9.96. The minimum Gasteiger partial charge on any atom is -0.368 e. The normalized spacial score (nSPS) is 18.8. The second-order valence-electron chi connectivity index (χ2n) is 8.95. The molecule has 2 aromatic heterocycles. The zero-order valence-corrected chi connectivity index (χ0v) is 21.9. The van der Waals surface area contributed by atoms with Crippen LogP contribution in [0, 0.1) is 0 Å². The molecule has 1 saturated heterocycles. The van der Waals surface area contributed by atoms with E-state index in [1.54, 1.807) is 41.4 Å². The summed E-state index contributed by atoms with van der Waals surface area (Å²) in [5.74, 6) is -1.63. The molecule has 1 fully saturated rings. The molecule has 12 heteroatoms. The van der Waals surface area contributed by atoms with Crippen LogP contribution in [-0.4, -0.2) is 60.3 Å². The van der Waals surface area contributed by atoms with Crippen molar-refractivity contribution < 1.29 is 22.8 Å². The number of thiophene rings is 1. The van der Waals surface area contributed by atoms with E-state index in [0.29, 0.717) is 12.1 Å². The monoisotopic (exact) mass is 543 g/mol. The van der Waals surface area contributed by atoms with Crippen LogP contribution in [0.25, 0.3) is 0 Å². The van der Waals surface area contributed by atoms with E-state index in [0.717, 1.165) is 16.9 Å². The Kier molecular flexibility index (Phi) is 8.10. The lowest BCUT2D eigenvalue weighted by Crippen LogP contribution is -2.59. The third-order valence-electron chi connectivity index (χ3n) is 6.35. The summed E-state index contributed by atoms with van der Waals surface area (Å²) >= 11 is 1.09. The average Bonchev–Trinajstić information content (AvgIpc) is 3.56. The van der Waals surface area contributed by atoms with Gasteiger partial charge in [-0.25, -0.2) is 13.1 Å². The van der Waals surface area contributed by atoms with Crippen molar-refractivity contribution >= 4 is 39.1 Å². The second-order valence-corrected chi connectivity index (χ2v) is 11.8. The third kappa shape index (κ3) is 6.27. The van der Waals surface area contributed by atoms with E-state index in [2.05, 4.69) is 10.0 Å². The smallest absolute Gasteiger partial charge is 0.271 e. The lowest BCUT2D eigenvalue weighted by molar-refractivity contribution is -0.131. The molecule has 37 heavy (non-hydrogen) atoms. The Morgan fingerprint density at radius 2 is 1.86 bits per heavy atom. The summed E-state index contributed by atoms with van der Waals surface area (Å²) < 4.78 is 30.1. The van der Waals surface area contributed by atoms with Crippen LogP contribution in [0.2, 0.25) is 0 Å². The first-order chi connectivity index (χ1) is 17.7. The summed E-state index contributed by atoms with van der Waals surface area (Å²) in [6.07, 6.45) is 2.29. The number of carbonyl (C=O) groups is 3. The van der Waals surface area contributed by atoms with Gasteiger partial charge in [-0.1, -0.05) is 36.4 Å². The van der Waals surface area contributed by atoms with Crippen molar-refractivity contribution in [2.75, 3.05) is 6.54 Å². The van der Waals surface area contributed by atoms with Crippen molar-refractivity contribution in [3.63, 3.8) is 0 Å². The van der Waals surface area contributed by atoms with Crippen LogP contribution in [0.1, 0.15) is 28.9 Å². The first-order valence-electron chi connectivity index (χ1n) is 11.8. The summed E-state index contributed by atoms with van der Waals surface area (Å²) in [5.41, 5.74) is 6.80. The molecule has 0 bridgehead atoms. The summed E-state index contributed by atoms with van der Waals surface area (Å²) in [5, 5.41) is 4.37. The first-order valence-corrected chi connectivity index (χ1v) is 14.1. The highest BCUT2D eigenvalue weighted by molar-refractivity contribution is 7.91. The zero-order valence-electron chi connectivity index (χ0n) is 20.2. The van der Waals surface area contributed by atoms with Gasteiger partial charge in [-0.15, -0.1) is 11.3 Å². The van der Waals surface area contributed by atoms with Gasteiger partial charge in [0.2, 0.25) is 21.8 Å². The molecule has 1 aromatic carbocycles. The van der Waals surface area contributed by atoms with Crippen LogP contribution in [-0.2, 0) is 33.1 Å². The number of benzene rings is 1. The number of piperidine rings is 1. The fourth-order valence-electron chi connectivity index (χ4n) is 4.43. The number of amides is 3. The van der Waals surface area contributed by atoms with Crippen molar-refractivity contribution in [3.05, 3.63) is 77.4 Å². The molecular formula is C25H29N5O5S2. The number of primary amides is 1. The number of carbonyl (C=O) groups excluding carboxylic acids is 3. The molecule has 3 amide bonds. The molecular weight excluding hydrogens is 514 g/mol. The van der Waals surface area contributed by atoms with Gasteiger partial charge >= 0.3 is 0 Å². The number of hydrogen-bond donors (Lipinski definition) is 3. The van der Waals surface area contributed by atoms with E-state index >= 15 is 0 Å².